The van der Waals surface area contributed by atoms with E-state index in [4.69, 9.17) is 0 Å². The highest BCUT2D eigenvalue weighted by molar-refractivity contribution is 5.90. The van der Waals surface area contributed by atoms with Crippen molar-refractivity contribution < 1.29 is 23.1 Å². The number of likely N-dealkylation sites (tertiary alicyclic amines) is 1. The van der Waals surface area contributed by atoms with Crippen LogP contribution in [0.25, 0.3) is 0 Å². The zero-order valence-corrected chi connectivity index (χ0v) is 13.7. The summed E-state index contributed by atoms with van der Waals surface area (Å²) in [6.45, 7) is 0.0142. The van der Waals surface area contributed by atoms with E-state index in [2.05, 4.69) is 10.4 Å². The van der Waals surface area contributed by atoms with E-state index in [0.29, 0.717) is 49.1 Å². The van der Waals surface area contributed by atoms with Crippen LogP contribution in [-0.2, 0) is 6.54 Å². The molecule has 1 aromatic heterocycles. The van der Waals surface area contributed by atoms with Crippen molar-refractivity contribution in [3.63, 3.8) is 0 Å². The van der Waals surface area contributed by atoms with E-state index in [1.807, 2.05) is 0 Å². The molecule has 1 aromatic rings. The molecule has 0 radical (unpaired) electrons. The average Bonchev–Trinajstić information content (AvgIpc) is 3.01. The van der Waals surface area contributed by atoms with Crippen LogP contribution in [0.4, 0.5) is 23.7 Å². The number of rotatable bonds is 3. The maximum absolute atomic E-state index is 12.6. The fourth-order valence-electron chi connectivity index (χ4n) is 4.08. The molecule has 25 heavy (non-hydrogen) atoms. The lowest BCUT2D eigenvalue weighted by Gasteiger charge is -2.18. The summed E-state index contributed by atoms with van der Waals surface area (Å²) in [4.78, 5) is 14.2. The summed E-state index contributed by atoms with van der Waals surface area (Å²) in [5.41, 5.74) is 0.932. The first-order valence-corrected chi connectivity index (χ1v) is 8.66. The first kappa shape index (κ1) is 16.7. The van der Waals surface area contributed by atoms with Gasteiger partial charge in [-0.15, -0.1) is 0 Å². The molecule has 3 aliphatic rings. The van der Waals surface area contributed by atoms with Gasteiger partial charge in [0.05, 0.1) is 17.5 Å². The third-order valence-electron chi connectivity index (χ3n) is 5.35. The van der Waals surface area contributed by atoms with Crippen LogP contribution >= 0.6 is 0 Å². The van der Waals surface area contributed by atoms with Crippen LogP contribution in [-0.4, -0.2) is 51.2 Å². The Labute approximate surface area is 143 Å². The van der Waals surface area contributed by atoms with Crippen molar-refractivity contribution in [3.8, 4) is 0 Å². The second-order valence-corrected chi connectivity index (χ2v) is 7.50. The van der Waals surface area contributed by atoms with Crippen molar-refractivity contribution >= 4 is 11.7 Å². The molecular formula is C16H21F3N4O2. The Morgan fingerprint density at radius 3 is 2.48 bits per heavy atom. The molecule has 9 heteroatoms. The molecule has 0 aromatic carbocycles. The highest BCUT2D eigenvalue weighted by Crippen LogP contribution is 2.43. The minimum Gasteiger partial charge on any atom is -0.393 e. The van der Waals surface area contributed by atoms with Gasteiger partial charge in [0.1, 0.15) is 6.54 Å². The molecule has 2 saturated carbocycles. The maximum Gasteiger partial charge on any atom is 0.408 e. The zero-order chi connectivity index (χ0) is 17.8. The SMILES string of the molecule is O=C(Nc1cn(CC(F)(F)F)nc1C1CC1)N1C[C@H]2CC(O)C[C@H]2C1. The van der Waals surface area contributed by atoms with Crippen LogP contribution in [0, 0.1) is 11.8 Å². The second kappa shape index (κ2) is 5.89. The highest BCUT2D eigenvalue weighted by atomic mass is 19.4. The summed E-state index contributed by atoms with van der Waals surface area (Å²) in [7, 11) is 0. The van der Waals surface area contributed by atoms with E-state index in [-0.39, 0.29) is 18.1 Å². The summed E-state index contributed by atoms with van der Waals surface area (Å²) in [5.74, 6) is 0.770. The monoisotopic (exact) mass is 358 g/mol. The average molecular weight is 358 g/mol. The Bertz CT molecular complexity index is 657. The smallest absolute Gasteiger partial charge is 0.393 e. The number of urea groups is 1. The lowest BCUT2D eigenvalue weighted by Crippen LogP contribution is -2.34. The van der Waals surface area contributed by atoms with E-state index < -0.39 is 12.7 Å². The number of anilines is 1. The van der Waals surface area contributed by atoms with E-state index in [0.717, 1.165) is 17.5 Å². The number of aromatic nitrogens is 2. The summed E-state index contributed by atoms with van der Waals surface area (Å²) in [5, 5.41) is 16.5. The number of nitrogens with zero attached hydrogens (tertiary/aromatic N) is 3. The van der Waals surface area contributed by atoms with Gasteiger partial charge in [-0.3, -0.25) is 4.68 Å². The Hall–Kier alpha value is -1.77. The lowest BCUT2D eigenvalue weighted by molar-refractivity contribution is -0.142. The molecule has 1 unspecified atom stereocenters. The third kappa shape index (κ3) is 3.61. The van der Waals surface area contributed by atoms with Crippen molar-refractivity contribution in [1.29, 1.82) is 0 Å². The fourth-order valence-corrected chi connectivity index (χ4v) is 4.08. The first-order chi connectivity index (χ1) is 11.8. The number of nitrogens with one attached hydrogen (secondary N) is 1. The molecule has 0 spiro atoms. The van der Waals surface area contributed by atoms with E-state index >= 15 is 0 Å². The number of fused-ring (bicyclic) bond motifs is 1. The maximum atomic E-state index is 12.6. The number of aliphatic hydroxyl groups is 1. The molecule has 0 bridgehead atoms. The Morgan fingerprint density at radius 1 is 1.28 bits per heavy atom. The number of hydrogen-bond donors (Lipinski definition) is 2. The molecule has 6 nitrogen and oxygen atoms in total. The van der Waals surface area contributed by atoms with Gasteiger partial charge in [-0.2, -0.15) is 18.3 Å². The molecule has 138 valence electrons. The fraction of sp³-hybridized carbons (Fsp3) is 0.750. The van der Waals surface area contributed by atoms with Crippen LogP contribution in [0.3, 0.4) is 0 Å². The van der Waals surface area contributed by atoms with Gasteiger partial charge in [-0.1, -0.05) is 0 Å². The number of aliphatic hydroxyl groups excluding tert-OH is 1. The molecule has 1 saturated heterocycles. The van der Waals surface area contributed by atoms with E-state index in [1.165, 1.54) is 6.20 Å². The predicted molar refractivity (Wildman–Crippen MR) is 83.1 cm³/mol. The van der Waals surface area contributed by atoms with Gasteiger partial charge in [-0.25, -0.2) is 4.79 Å². The number of alkyl halides is 3. The van der Waals surface area contributed by atoms with Crippen LogP contribution in [0.5, 0.6) is 0 Å². The first-order valence-electron chi connectivity index (χ1n) is 8.66. The number of halogens is 3. The van der Waals surface area contributed by atoms with Gasteiger partial charge in [0.15, 0.2) is 0 Å². The van der Waals surface area contributed by atoms with Gasteiger partial charge >= 0.3 is 12.2 Å². The Morgan fingerprint density at radius 2 is 1.92 bits per heavy atom. The molecule has 3 fully saturated rings. The van der Waals surface area contributed by atoms with Crippen LogP contribution in [0.2, 0.25) is 0 Å². The van der Waals surface area contributed by atoms with Gasteiger partial charge < -0.3 is 15.3 Å². The summed E-state index contributed by atoms with van der Waals surface area (Å²) in [6, 6.07) is -0.294. The van der Waals surface area contributed by atoms with E-state index in [1.54, 1.807) is 4.90 Å². The molecule has 3 atom stereocenters. The lowest BCUT2D eigenvalue weighted by atomic mass is 10.0. The molecule has 2 heterocycles. The molecule has 2 N–H and O–H groups in total. The van der Waals surface area contributed by atoms with Gasteiger partial charge in [0.2, 0.25) is 0 Å². The number of hydrogen-bond acceptors (Lipinski definition) is 3. The number of amides is 2. The number of carbonyl (C=O) groups is 1. The standard InChI is InChI=1S/C16H21F3N4O2/c17-16(18,19)8-23-7-13(14(21-23)9-1-2-9)20-15(25)22-5-10-3-12(24)4-11(10)6-22/h7,9-12,24H,1-6,8H2,(H,20,25)/t10-,11+,12?. The van der Waals surface area contributed by atoms with E-state index in [9.17, 15) is 23.1 Å². The molecular weight excluding hydrogens is 337 g/mol. The van der Waals surface area contributed by atoms with Gasteiger partial charge in [0.25, 0.3) is 0 Å². The van der Waals surface area contributed by atoms with Crippen molar-refractivity contribution in [2.24, 2.45) is 11.8 Å². The molecule has 2 aliphatic carbocycles. The Kier molecular flexibility index (Phi) is 3.93. The minimum absolute atomic E-state index is 0.137. The van der Waals surface area contributed by atoms with Crippen molar-refractivity contribution in [3.05, 3.63) is 11.9 Å². The summed E-state index contributed by atoms with van der Waals surface area (Å²) >= 11 is 0. The second-order valence-electron chi connectivity index (χ2n) is 7.50. The Balaban J connectivity index is 1.44. The zero-order valence-electron chi connectivity index (χ0n) is 13.7. The molecule has 2 amide bonds. The van der Waals surface area contributed by atoms with Gasteiger partial charge in [0, 0.05) is 25.2 Å². The van der Waals surface area contributed by atoms with Crippen LogP contribution in [0.15, 0.2) is 6.20 Å². The number of carbonyl (C=O) groups excluding carboxylic acids is 1. The normalized spacial score (nSPS) is 29.1. The summed E-state index contributed by atoms with van der Waals surface area (Å²) in [6.07, 6.45) is -0.144. The van der Waals surface area contributed by atoms with Crippen LogP contribution in [0.1, 0.15) is 37.3 Å². The highest BCUT2D eigenvalue weighted by Gasteiger charge is 2.42. The van der Waals surface area contributed by atoms with Crippen molar-refractivity contribution in [2.75, 3.05) is 18.4 Å². The van der Waals surface area contributed by atoms with Crippen molar-refractivity contribution in [2.45, 2.75) is 50.4 Å². The topological polar surface area (TPSA) is 70.4 Å². The van der Waals surface area contributed by atoms with Crippen molar-refractivity contribution in [1.82, 2.24) is 14.7 Å². The molecule has 4 rings (SSSR count). The molecule has 1 aliphatic heterocycles. The van der Waals surface area contributed by atoms with Gasteiger partial charge in [-0.05, 0) is 37.5 Å². The van der Waals surface area contributed by atoms with Crippen LogP contribution < -0.4 is 5.32 Å². The third-order valence-corrected chi connectivity index (χ3v) is 5.35. The largest absolute Gasteiger partial charge is 0.408 e. The summed E-state index contributed by atoms with van der Waals surface area (Å²) < 4.78 is 38.6. The quantitative estimate of drug-likeness (QED) is 0.872. The predicted octanol–water partition coefficient (Wildman–Crippen LogP) is 2.56. The minimum atomic E-state index is -4.35.